The number of halogens is 1. The van der Waals surface area contributed by atoms with Crippen molar-refractivity contribution < 1.29 is 8.42 Å². The Kier molecular flexibility index (Phi) is 9.98. The lowest BCUT2D eigenvalue weighted by Crippen LogP contribution is -2.37. The summed E-state index contributed by atoms with van der Waals surface area (Å²) in [5, 5.41) is 7.89. The monoisotopic (exact) mass is 569 g/mol. The number of aromatic amines is 1. The zero-order valence-electron chi connectivity index (χ0n) is 18.7. The molecule has 7 nitrogen and oxygen atoms in total. The number of fused-ring (bicyclic) bond motifs is 1. The van der Waals surface area contributed by atoms with Crippen molar-refractivity contribution in [1.29, 1.82) is 0 Å². The lowest BCUT2D eigenvalue weighted by Gasteiger charge is -2.12. The SMILES string of the molecule is CN=C(NCCc1c[nH]c2ccccc12)NCc1ccc(CS(=O)(=O)NC(C)C)cc1.I. The molecule has 9 heteroatoms. The number of sulfonamides is 1. The minimum atomic E-state index is -3.32. The molecule has 2 aromatic carbocycles. The zero-order valence-corrected chi connectivity index (χ0v) is 21.8. The topological polar surface area (TPSA) is 98.4 Å². The second-order valence-corrected chi connectivity index (χ2v) is 9.56. The summed E-state index contributed by atoms with van der Waals surface area (Å²) in [6.45, 7) is 4.99. The van der Waals surface area contributed by atoms with Gasteiger partial charge in [0.2, 0.25) is 10.0 Å². The number of H-pyrrole nitrogens is 1. The summed E-state index contributed by atoms with van der Waals surface area (Å²) in [7, 11) is -1.57. The molecule has 174 valence electrons. The fraction of sp³-hybridized carbons (Fsp3) is 0.348. The molecule has 3 aromatic rings. The summed E-state index contributed by atoms with van der Waals surface area (Å²) in [6, 6.07) is 15.8. The molecule has 0 fully saturated rings. The summed E-state index contributed by atoms with van der Waals surface area (Å²) in [5.41, 5.74) is 4.24. The molecule has 0 bridgehead atoms. The van der Waals surface area contributed by atoms with Gasteiger partial charge in [0.1, 0.15) is 0 Å². The lowest BCUT2D eigenvalue weighted by molar-refractivity contribution is 0.569. The van der Waals surface area contributed by atoms with Crippen LogP contribution in [0.25, 0.3) is 10.9 Å². The van der Waals surface area contributed by atoms with E-state index in [-0.39, 0.29) is 35.8 Å². The number of aliphatic imine (C=N–C) groups is 1. The Morgan fingerprint density at radius 1 is 1.03 bits per heavy atom. The van der Waals surface area contributed by atoms with E-state index in [0.29, 0.717) is 6.54 Å². The molecule has 1 heterocycles. The maximum absolute atomic E-state index is 12.1. The minimum absolute atomic E-state index is 0. The third-order valence-electron chi connectivity index (χ3n) is 4.84. The van der Waals surface area contributed by atoms with Crippen LogP contribution in [0.4, 0.5) is 0 Å². The van der Waals surface area contributed by atoms with Crippen LogP contribution in [0, 0.1) is 0 Å². The number of nitrogens with zero attached hydrogens (tertiary/aromatic N) is 1. The first-order valence-corrected chi connectivity index (χ1v) is 12.1. The van der Waals surface area contributed by atoms with Gasteiger partial charge in [-0.05, 0) is 43.0 Å². The van der Waals surface area contributed by atoms with Crippen LogP contribution in [0.3, 0.4) is 0 Å². The number of aromatic nitrogens is 1. The van der Waals surface area contributed by atoms with Crippen molar-refractivity contribution in [1.82, 2.24) is 20.3 Å². The number of hydrogen-bond donors (Lipinski definition) is 4. The van der Waals surface area contributed by atoms with Gasteiger partial charge in [0.25, 0.3) is 0 Å². The lowest BCUT2D eigenvalue weighted by atomic mass is 10.1. The van der Waals surface area contributed by atoms with E-state index >= 15 is 0 Å². The first kappa shape index (κ1) is 26.1. The number of nitrogens with one attached hydrogen (secondary N) is 4. The molecule has 3 rings (SSSR count). The zero-order chi connectivity index (χ0) is 22.3. The molecule has 32 heavy (non-hydrogen) atoms. The number of hydrogen-bond acceptors (Lipinski definition) is 3. The van der Waals surface area contributed by atoms with Crippen molar-refractivity contribution in [3.05, 3.63) is 71.4 Å². The van der Waals surface area contributed by atoms with E-state index in [1.54, 1.807) is 7.05 Å². The van der Waals surface area contributed by atoms with E-state index in [1.165, 1.54) is 10.9 Å². The Morgan fingerprint density at radius 3 is 2.41 bits per heavy atom. The van der Waals surface area contributed by atoms with Gasteiger partial charge in [0.05, 0.1) is 5.75 Å². The molecule has 0 radical (unpaired) electrons. The largest absolute Gasteiger partial charge is 0.361 e. The van der Waals surface area contributed by atoms with Crippen LogP contribution in [0.1, 0.15) is 30.5 Å². The Hall–Kier alpha value is -2.11. The molecule has 0 spiro atoms. The molecule has 0 unspecified atom stereocenters. The fourth-order valence-electron chi connectivity index (χ4n) is 3.43. The third kappa shape index (κ3) is 7.79. The molecule has 0 amide bonds. The van der Waals surface area contributed by atoms with Crippen LogP contribution < -0.4 is 15.4 Å². The van der Waals surface area contributed by atoms with Gasteiger partial charge in [-0.15, -0.1) is 24.0 Å². The van der Waals surface area contributed by atoms with E-state index in [9.17, 15) is 8.42 Å². The van der Waals surface area contributed by atoms with Crippen LogP contribution in [0.15, 0.2) is 59.7 Å². The highest BCUT2D eigenvalue weighted by Crippen LogP contribution is 2.17. The summed E-state index contributed by atoms with van der Waals surface area (Å²) in [5.74, 6) is 0.711. The first-order chi connectivity index (χ1) is 14.9. The van der Waals surface area contributed by atoms with Crippen LogP contribution in [-0.2, 0) is 28.7 Å². The standard InChI is InChI=1S/C23H31N5O2S.HI/c1-17(2)28-31(29,30)16-19-10-8-18(9-11-19)14-27-23(24-3)25-13-12-20-15-26-22-7-5-4-6-21(20)22;/h4-11,15,17,26,28H,12-14,16H2,1-3H3,(H2,24,25,27);1H. The van der Waals surface area contributed by atoms with Gasteiger partial charge in [0, 0.05) is 43.3 Å². The van der Waals surface area contributed by atoms with Crippen LogP contribution in [0.2, 0.25) is 0 Å². The number of benzene rings is 2. The second-order valence-electron chi connectivity index (χ2n) is 7.81. The van der Waals surface area contributed by atoms with Crippen molar-refractivity contribution in [2.45, 2.75) is 38.6 Å². The van der Waals surface area contributed by atoms with Crippen LogP contribution in [0.5, 0.6) is 0 Å². The fourth-order valence-corrected chi connectivity index (χ4v) is 4.87. The van der Waals surface area contributed by atoms with E-state index in [0.717, 1.165) is 35.6 Å². The van der Waals surface area contributed by atoms with Gasteiger partial charge in [0.15, 0.2) is 5.96 Å². The van der Waals surface area contributed by atoms with Gasteiger partial charge in [-0.2, -0.15) is 0 Å². The summed E-state index contributed by atoms with van der Waals surface area (Å²) >= 11 is 0. The summed E-state index contributed by atoms with van der Waals surface area (Å²) < 4.78 is 26.7. The highest BCUT2D eigenvalue weighted by Gasteiger charge is 2.12. The minimum Gasteiger partial charge on any atom is -0.361 e. The maximum Gasteiger partial charge on any atom is 0.216 e. The van der Waals surface area contributed by atoms with Crippen molar-refractivity contribution in [2.75, 3.05) is 13.6 Å². The van der Waals surface area contributed by atoms with E-state index < -0.39 is 10.0 Å². The second kappa shape index (κ2) is 12.2. The van der Waals surface area contributed by atoms with E-state index in [4.69, 9.17) is 0 Å². The first-order valence-electron chi connectivity index (χ1n) is 10.4. The van der Waals surface area contributed by atoms with Crippen molar-refractivity contribution in [3.63, 3.8) is 0 Å². The molecule has 0 saturated carbocycles. The molecular formula is C23H32IN5O2S. The molecule has 0 aliphatic heterocycles. The van der Waals surface area contributed by atoms with Gasteiger partial charge in [-0.3, -0.25) is 4.99 Å². The van der Waals surface area contributed by atoms with Gasteiger partial charge in [-0.1, -0.05) is 42.5 Å². The van der Waals surface area contributed by atoms with Crippen molar-refractivity contribution in [2.24, 2.45) is 4.99 Å². The molecule has 0 aliphatic rings. The molecular weight excluding hydrogens is 537 g/mol. The quantitative estimate of drug-likeness (QED) is 0.180. The number of para-hydroxylation sites is 1. The average Bonchev–Trinajstić information content (AvgIpc) is 3.13. The van der Waals surface area contributed by atoms with E-state index in [1.807, 2.05) is 44.2 Å². The molecule has 4 N–H and O–H groups in total. The predicted molar refractivity (Wildman–Crippen MR) is 143 cm³/mol. The maximum atomic E-state index is 12.1. The highest BCUT2D eigenvalue weighted by molar-refractivity contribution is 14.0. The highest BCUT2D eigenvalue weighted by atomic mass is 127. The molecule has 0 saturated heterocycles. The average molecular weight is 570 g/mol. The molecule has 0 atom stereocenters. The summed E-state index contributed by atoms with van der Waals surface area (Å²) in [4.78, 5) is 7.58. The van der Waals surface area contributed by atoms with E-state index in [2.05, 4.69) is 49.7 Å². The van der Waals surface area contributed by atoms with Gasteiger partial charge >= 0.3 is 0 Å². The predicted octanol–water partition coefficient (Wildman–Crippen LogP) is 3.52. The number of rotatable bonds is 9. The Bertz CT molecular complexity index is 1120. The van der Waals surface area contributed by atoms with Gasteiger partial charge in [-0.25, -0.2) is 13.1 Å². The third-order valence-corrected chi connectivity index (χ3v) is 6.38. The molecule has 0 aliphatic carbocycles. The van der Waals surface area contributed by atoms with Crippen molar-refractivity contribution >= 4 is 50.9 Å². The smallest absolute Gasteiger partial charge is 0.216 e. The van der Waals surface area contributed by atoms with Crippen LogP contribution >= 0.6 is 24.0 Å². The summed E-state index contributed by atoms with van der Waals surface area (Å²) in [6.07, 6.45) is 2.94. The normalized spacial score (nSPS) is 12.1. The molecule has 1 aromatic heterocycles. The number of guanidine groups is 1. The van der Waals surface area contributed by atoms with Crippen molar-refractivity contribution in [3.8, 4) is 0 Å². The van der Waals surface area contributed by atoms with Crippen LogP contribution in [-0.4, -0.2) is 39.0 Å². The Morgan fingerprint density at radius 2 is 1.72 bits per heavy atom. The Labute approximate surface area is 207 Å². The van der Waals surface area contributed by atoms with Gasteiger partial charge < -0.3 is 15.6 Å². The Balaban J connectivity index is 0.00000363.